The molecule has 0 spiro atoms. The maximum atomic E-state index is 13.2. The topological polar surface area (TPSA) is 79.0 Å². The van der Waals surface area contributed by atoms with Crippen molar-refractivity contribution in [2.45, 2.75) is 25.9 Å². The van der Waals surface area contributed by atoms with Gasteiger partial charge in [-0.2, -0.15) is 0 Å². The normalized spacial score (nSPS) is 18.2. The fourth-order valence-corrected chi connectivity index (χ4v) is 3.97. The third-order valence-corrected chi connectivity index (χ3v) is 5.62. The molecule has 1 aliphatic heterocycles. The number of amides is 3. The predicted octanol–water partition coefficient (Wildman–Crippen LogP) is 2.03. The van der Waals surface area contributed by atoms with Gasteiger partial charge in [-0.05, 0) is 23.6 Å². The van der Waals surface area contributed by atoms with Crippen LogP contribution in [0.3, 0.4) is 0 Å². The molecule has 1 unspecified atom stereocenters. The number of ether oxygens (including phenoxy) is 1. The number of morpholine rings is 1. The summed E-state index contributed by atoms with van der Waals surface area (Å²) >= 11 is 0. The first-order valence-corrected chi connectivity index (χ1v) is 10.7. The number of aryl methyl sites for hydroxylation is 1. The predicted molar refractivity (Wildman–Crippen MR) is 123 cm³/mol. The van der Waals surface area contributed by atoms with E-state index < -0.39 is 5.60 Å². The highest BCUT2D eigenvalue weighted by Crippen LogP contribution is 2.28. The molecule has 3 amide bonds. The van der Waals surface area contributed by atoms with Crippen LogP contribution < -0.4 is 5.32 Å². The number of carbonyl (C=O) groups excluding carboxylic acids is 3. The summed E-state index contributed by atoms with van der Waals surface area (Å²) in [5, 5.41) is 2.53. The van der Waals surface area contributed by atoms with Gasteiger partial charge in [0.15, 0.2) is 5.60 Å². The first kappa shape index (κ1) is 23.5. The zero-order chi connectivity index (χ0) is 23.3. The van der Waals surface area contributed by atoms with Gasteiger partial charge in [0.1, 0.15) is 0 Å². The van der Waals surface area contributed by atoms with Crippen LogP contribution in [-0.4, -0.2) is 73.5 Å². The quantitative estimate of drug-likeness (QED) is 0.750. The molecule has 1 N–H and O–H groups in total. The van der Waals surface area contributed by atoms with Gasteiger partial charge < -0.3 is 19.9 Å². The molecular weight excluding hydrogens is 406 g/mol. The highest BCUT2D eigenvalue weighted by atomic mass is 16.5. The van der Waals surface area contributed by atoms with E-state index in [1.54, 1.807) is 19.0 Å². The number of likely N-dealkylation sites (N-methyl/N-ethyl adjacent to an activating group) is 1. The van der Waals surface area contributed by atoms with Crippen molar-refractivity contribution in [2.24, 2.45) is 0 Å². The Kier molecular flexibility index (Phi) is 7.30. The summed E-state index contributed by atoms with van der Waals surface area (Å²) in [4.78, 5) is 40.2. The molecule has 0 radical (unpaired) electrons. The van der Waals surface area contributed by atoms with E-state index in [2.05, 4.69) is 42.6 Å². The summed E-state index contributed by atoms with van der Waals surface area (Å²) in [6, 6.07) is 16.4. The molecule has 7 heteroatoms. The third-order valence-electron chi connectivity index (χ3n) is 5.62. The lowest BCUT2D eigenvalue weighted by molar-refractivity contribution is -0.172. The van der Waals surface area contributed by atoms with Crippen LogP contribution in [0.25, 0.3) is 11.1 Å². The van der Waals surface area contributed by atoms with Crippen molar-refractivity contribution in [3.8, 4) is 11.1 Å². The van der Waals surface area contributed by atoms with Crippen molar-refractivity contribution in [1.29, 1.82) is 0 Å². The monoisotopic (exact) mass is 437 g/mol. The standard InChI is InChI=1S/C25H31N3O4/c1-18-8-10-21(11-9-18)22-7-5-6-20(14-22)15-25(24(31)27(3)4)17-28(12-13-32-25)23(30)16-26-19(2)29/h5-11,14H,12-13,15-17H2,1-4H3,(H,26,29). The third kappa shape index (κ3) is 5.53. The van der Waals surface area contributed by atoms with Gasteiger partial charge >= 0.3 is 0 Å². The summed E-state index contributed by atoms with van der Waals surface area (Å²) in [5.74, 6) is -0.682. The summed E-state index contributed by atoms with van der Waals surface area (Å²) < 4.78 is 6.09. The molecule has 7 nitrogen and oxygen atoms in total. The summed E-state index contributed by atoms with van der Waals surface area (Å²) in [7, 11) is 3.38. The van der Waals surface area contributed by atoms with Gasteiger partial charge in [-0.25, -0.2) is 0 Å². The van der Waals surface area contributed by atoms with Gasteiger partial charge in [0.25, 0.3) is 5.91 Å². The lowest BCUT2D eigenvalue weighted by Gasteiger charge is -2.43. The van der Waals surface area contributed by atoms with E-state index in [0.29, 0.717) is 13.0 Å². The first-order valence-electron chi connectivity index (χ1n) is 10.7. The zero-order valence-electron chi connectivity index (χ0n) is 19.2. The van der Waals surface area contributed by atoms with E-state index in [-0.39, 0.29) is 37.4 Å². The van der Waals surface area contributed by atoms with Crippen molar-refractivity contribution < 1.29 is 19.1 Å². The van der Waals surface area contributed by atoms with Gasteiger partial charge in [-0.15, -0.1) is 0 Å². The molecular formula is C25H31N3O4. The average molecular weight is 438 g/mol. The SMILES string of the molecule is CC(=O)NCC(=O)N1CCOC(Cc2cccc(-c3ccc(C)cc3)c2)(C(=O)N(C)C)C1. The Morgan fingerprint density at radius 3 is 2.47 bits per heavy atom. The zero-order valence-corrected chi connectivity index (χ0v) is 19.2. The molecule has 2 aromatic rings. The van der Waals surface area contributed by atoms with E-state index in [0.717, 1.165) is 16.7 Å². The number of benzene rings is 2. The number of hydrogen-bond donors (Lipinski definition) is 1. The summed E-state index contributed by atoms with van der Waals surface area (Å²) in [6.07, 6.45) is 0.341. The van der Waals surface area contributed by atoms with Crippen LogP contribution in [0.15, 0.2) is 48.5 Å². The van der Waals surface area contributed by atoms with Crippen LogP contribution in [0.1, 0.15) is 18.1 Å². The lowest BCUT2D eigenvalue weighted by Crippen LogP contribution is -2.62. The van der Waals surface area contributed by atoms with Crippen LogP contribution in [0.5, 0.6) is 0 Å². The molecule has 1 aliphatic rings. The van der Waals surface area contributed by atoms with Crippen molar-refractivity contribution in [3.05, 3.63) is 59.7 Å². The second kappa shape index (κ2) is 9.96. The molecule has 0 aliphatic carbocycles. The first-order chi connectivity index (χ1) is 15.2. The molecule has 32 heavy (non-hydrogen) atoms. The fraction of sp³-hybridized carbons (Fsp3) is 0.400. The maximum Gasteiger partial charge on any atom is 0.256 e. The van der Waals surface area contributed by atoms with E-state index in [1.807, 2.05) is 18.2 Å². The second-order valence-electron chi connectivity index (χ2n) is 8.51. The Hall–Kier alpha value is -3.19. The Balaban J connectivity index is 1.87. The van der Waals surface area contributed by atoms with Crippen LogP contribution in [0.4, 0.5) is 0 Å². The molecule has 3 rings (SSSR count). The van der Waals surface area contributed by atoms with Crippen molar-refractivity contribution in [3.63, 3.8) is 0 Å². The van der Waals surface area contributed by atoms with Crippen molar-refractivity contribution in [1.82, 2.24) is 15.1 Å². The van der Waals surface area contributed by atoms with Crippen LogP contribution in [-0.2, 0) is 25.5 Å². The van der Waals surface area contributed by atoms with Crippen molar-refractivity contribution >= 4 is 17.7 Å². The summed E-state index contributed by atoms with van der Waals surface area (Å²) in [6.45, 7) is 4.10. The molecule has 1 heterocycles. The van der Waals surface area contributed by atoms with Crippen LogP contribution in [0, 0.1) is 6.92 Å². The van der Waals surface area contributed by atoms with E-state index in [4.69, 9.17) is 4.74 Å². The lowest BCUT2D eigenvalue weighted by atomic mass is 9.89. The highest BCUT2D eigenvalue weighted by molar-refractivity contribution is 5.88. The second-order valence-corrected chi connectivity index (χ2v) is 8.51. The van der Waals surface area contributed by atoms with Gasteiger partial charge in [-0.3, -0.25) is 14.4 Å². The molecule has 170 valence electrons. The van der Waals surface area contributed by atoms with Crippen LogP contribution >= 0.6 is 0 Å². The highest BCUT2D eigenvalue weighted by Gasteiger charge is 2.46. The van der Waals surface area contributed by atoms with E-state index in [9.17, 15) is 14.4 Å². The minimum absolute atomic E-state index is 0.0928. The number of nitrogens with one attached hydrogen (secondary N) is 1. The Morgan fingerprint density at radius 2 is 1.81 bits per heavy atom. The van der Waals surface area contributed by atoms with Gasteiger partial charge in [-0.1, -0.05) is 54.1 Å². The smallest absolute Gasteiger partial charge is 0.256 e. The molecule has 1 saturated heterocycles. The van der Waals surface area contributed by atoms with Gasteiger partial charge in [0.05, 0.1) is 19.7 Å². The minimum atomic E-state index is -1.18. The number of rotatable bonds is 6. The largest absolute Gasteiger partial charge is 0.361 e. The number of hydrogen-bond acceptors (Lipinski definition) is 4. The Labute approximate surface area is 189 Å². The molecule has 0 bridgehead atoms. The van der Waals surface area contributed by atoms with E-state index in [1.165, 1.54) is 17.4 Å². The molecule has 1 atom stereocenters. The van der Waals surface area contributed by atoms with Gasteiger partial charge in [0, 0.05) is 34.0 Å². The molecule has 1 fully saturated rings. The maximum absolute atomic E-state index is 13.2. The van der Waals surface area contributed by atoms with Crippen LogP contribution in [0.2, 0.25) is 0 Å². The molecule has 0 aromatic heterocycles. The number of nitrogens with zero attached hydrogens (tertiary/aromatic N) is 2. The fourth-order valence-electron chi connectivity index (χ4n) is 3.97. The summed E-state index contributed by atoms with van der Waals surface area (Å²) in [5.41, 5.74) is 3.13. The van der Waals surface area contributed by atoms with Crippen molar-refractivity contribution in [2.75, 3.05) is 40.3 Å². The van der Waals surface area contributed by atoms with Gasteiger partial charge in [0.2, 0.25) is 11.8 Å². The van der Waals surface area contributed by atoms with E-state index >= 15 is 0 Å². The Morgan fingerprint density at radius 1 is 1.09 bits per heavy atom. The molecule has 2 aromatic carbocycles. The molecule has 0 saturated carbocycles. The number of carbonyl (C=O) groups is 3. The minimum Gasteiger partial charge on any atom is -0.361 e. The Bertz CT molecular complexity index is 987. The average Bonchev–Trinajstić information content (AvgIpc) is 2.77.